The zero-order chi connectivity index (χ0) is 21.5. The molecule has 0 saturated heterocycles. The van der Waals surface area contributed by atoms with Crippen LogP contribution in [0.25, 0.3) is 0 Å². The molecule has 1 amide bonds. The molecular weight excluding hydrogens is 386 g/mol. The quantitative estimate of drug-likeness (QED) is 0.583. The molecule has 156 valence electrons. The van der Waals surface area contributed by atoms with Gasteiger partial charge in [0.15, 0.2) is 0 Å². The van der Waals surface area contributed by atoms with Crippen molar-refractivity contribution in [3.63, 3.8) is 0 Å². The summed E-state index contributed by atoms with van der Waals surface area (Å²) in [4.78, 5) is 24.5. The van der Waals surface area contributed by atoms with E-state index < -0.39 is 0 Å². The van der Waals surface area contributed by atoms with Gasteiger partial charge in [-0.05, 0) is 61.6 Å². The summed E-state index contributed by atoms with van der Waals surface area (Å²) < 4.78 is 0. The number of aromatic nitrogens is 3. The second kappa shape index (κ2) is 9.86. The Morgan fingerprint density at radius 2 is 1.68 bits per heavy atom. The molecular formula is C25H25N5O. The molecule has 2 N–H and O–H groups in total. The fourth-order valence-electron chi connectivity index (χ4n) is 3.14. The van der Waals surface area contributed by atoms with Crippen LogP contribution in [-0.4, -0.2) is 26.9 Å². The van der Waals surface area contributed by atoms with E-state index in [-0.39, 0.29) is 17.9 Å². The van der Waals surface area contributed by atoms with E-state index in [9.17, 15) is 4.79 Å². The van der Waals surface area contributed by atoms with Crippen molar-refractivity contribution in [2.24, 2.45) is 5.92 Å². The smallest absolute Gasteiger partial charge is 0.223 e. The van der Waals surface area contributed by atoms with Crippen LogP contribution in [0, 0.1) is 17.8 Å². The summed E-state index contributed by atoms with van der Waals surface area (Å²) in [5, 5.41) is 6.27. The van der Waals surface area contributed by atoms with Crippen LogP contribution in [0.2, 0.25) is 0 Å². The second-order valence-electron chi connectivity index (χ2n) is 7.84. The van der Waals surface area contributed by atoms with Crippen molar-refractivity contribution in [1.82, 2.24) is 20.3 Å². The lowest BCUT2D eigenvalue weighted by atomic mass is 10.0. The van der Waals surface area contributed by atoms with Crippen LogP contribution in [-0.2, 0) is 17.8 Å². The average Bonchev–Trinajstić information content (AvgIpc) is 3.64. The summed E-state index contributed by atoms with van der Waals surface area (Å²) in [5.41, 5.74) is 3.99. The highest BCUT2D eigenvalue weighted by Gasteiger charge is 2.30. The number of anilines is 1. The lowest BCUT2D eigenvalue weighted by Gasteiger charge is -2.13. The standard InChI is InChI=1S/C25H25N5O/c1-18(30-24(31)23-8-9-23)14-20-5-2-19(3-6-20)4-7-22-16-28-25(29-17-22)27-15-21-10-12-26-13-11-21/h2-3,5-6,10-13,16-18,23H,8-9,14-15H2,1H3,(H,30,31)(H,27,28,29). The van der Waals surface area contributed by atoms with Crippen LogP contribution in [0.4, 0.5) is 5.95 Å². The van der Waals surface area contributed by atoms with Crippen molar-refractivity contribution in [3.05, 3.63) is 83.4 Å². The first-order valence-electron chi connectivity index (χ1n) is 10.5. The number of nitrogens with one attached hydrogen (secondary N) is 2. The van der Waals surface area contributed by atoms with Crippen molar-refractivity contribution in [2.45, 2.75) is 38.8 Å². The number of hydrogen-bond acceptors (Lipinski definition) is 5. The Labute approximate surface area is 182 Å². The highest BCUT2D eigenvalue weighted by Crippen LogP contribution is 2.28. The fourth-order valence-corrected chi connectivity index (χ4v) is 3.14. The van der Waals surface area contributed by atoms with Crippen LogP contribution in [0.1, 0.15) is 42.0 Å². The van der Waals surface area contributed by atoms with Crippen molar-refractivity contribution in [2.75, 3.05) is 5.32 Å². The first kappa shape index (κ1) is 20.5. The molecule has 2 aromatic heterocycles. The number of carbonyl (C=O) groups is 1. The third kappa shape index (κ3) is 6.38. The molecule has 1 aliphatic rings. The van der Waals surface area contributed by atoms with Gasteiger partial charge in [-0.15, -0.1) is 0 Å². The van der Waals surface area contributed by atoms with Gasteiger partial charge < -0.3 is 10.6 Å². The highest BCUT2D eigenvalue weighted by atomic mass is 16.2. The Kier molecular flexibility index (Phi) is 6.53. The van der Waals surface area contributed by atoms with Crippen LogP contribution >= 0.6 is 0 Å². The minimum absolute atomic E-state index is 0.132. The molecule has 0 bridgehead atoms. The van der Waals surface area contributed by atoms with Crippen molar-refractivity contribution < 1.29 is 4.79 Å². The molecule has 6 heteroatoms. The summed E-state index contributed by atoms with van der Waals surface area (Å²) in [6, 6.07) is 12.2. The maximum absolute atomic E-state index is 11.9. The van der Waals surface area contributed by atoms with E-state index in [1.54, 1.807) is 24.8 Å². The SMILES string of the molecule is CC(Cc1ccc(C#Cc2cnc(NCc3ccncc3)nc2)cc1)NC(=O)C1CC1. The normalized spacial score (nSPS) is 13.6. The Hall–Kier alpha value is -3.72. The van der Waals surface area contributed by atoms with Crippen molar-refractivity contribution in [1.29, 1.82) is 0 Å². The molecule has 1 saturated carbocycles. The summed E-state index contributed by atoms with van der Waals surface area (Å²) in [5.74, 6) is 7.25. The minimum Gasteiger partial charge on any atom is -0.353 e. The van der Waals surface area contributed by atoms with E-state index in [2.05, 4.69) is 49.6 Å². The third-order valence-electron chi connectivity index (χ3n) is 5.04. The molecule has 1 atom stereocenters. The van der Waals surface area contributed by atoms with E-state index in [0.717, 1.165) is 36.0 Å². The number of pyridine rings is 1. The molecule has 6 nitrogen and oxygen atoms in total. The van der Waals surface area contributed by atoms with E-state index in [1.807, 2.05) is 31.2 Å². The summed E-state index contributed by atoms with van der Waals surface area (Å²) in [6.07, 6.45) is 9.83. The van der Waals surface area contributed by atoms with Gasteiger partial charge in [0.25, 0.3) is 0 Å². The lowest BCUT2D eigenvalue weighted by Crippen LogP contribution is -2.35. The number of amides is 1. The van der Waals surface area contributed by atoms with Gasteiger partial charge in [0.1, 0.15) is 0 Å². The molecule has 0 radical (unpaired) electrons. The zero-order valence-corrected chi connectivity index (χ0v) is 17.5. The topological polar surface area (TPSA) is 79.8 Å². The first-order chi connectivity index (χ1) is 15.2. The minimum atomic E-state index is 0.132. The number of rotatable bonds is 7. The summed E-state index contributed by atoms with van der Waals surface area (Å²) >= 11 is 0. The highest BCUT2D eigenvalue weighted by molar-refractivity contribution is 5.81. The Morgan fingerprint density at radius 3 is 2.35 bits per heavy atom. The second-order valence-corrected chi connectivity index (χ2v) is 7.84. The number of benzene rings is 1. The zero-order valence-electron chi connectivity index (χ0n) is 17.5. The molecule has 1 aliphatic carbocycles. The van der Waals surface area contributed by atoms with E-state index in [4.69, 9.17) is 0 Å². The average molecular weight is 412 g/mol. The van der Waals surface area contributed by atoms with E-state index >= 15 is 0 Å². The molecule has 2 heterocycles. The molecule has 0 aliphatic heterocycles. The Morgan fingerprint density at radius 1 is 1.00 bits per heavy atom. The van der Waals surface area contributed by atoms with Gasteiger partial charge in [0, 0.05) is 48.9 Å². The van der Waals surface area contributed by atoms with Gasteiger partial charge in [-0.25, -0.2) is 9.97 Å². The van der Waals surface area contributed by atoms with Gasteiger partial charge in [0.05, 0.1) is 5.56 Å². The van der Waals surface area contributed by atoms with Gasteiger partial charge >= 0.3 is 0 Å². The largest absolute Gasteiger partial charge is 0.353 e. The third-order valence-corrected chi connectivity index (χ3v) is 5.04. The van der Waals surface area contributed by atoms with Crippen LogP contribution in [0.15, 0.2) is 61.2 Å². The molecule has 1 fully saturated rings. The maximum Gasteiger partial charge on any atom is 0.223 e. The predicted octanol–water partition coefficient (Wildman–Crippen LogP) is 3.34. The van der Waals surface area contributed by atoms with Crippen LogP contribution in [0.3, 0.4) is 0 Å². The number of nitrogens with zero attached hydrogens (tertiary/aromatic N) is 3. The molecule has 31 heavy (non-hydrogen) atoms. The first-order valence-corrected chi connectivity index (χ1v) is 10.5. The summed E-state index contributed by atoms with van der Waals surface area (Å²) in [7, 11) is 0. The monoisotopic (exact) mass is 411 g/mol. The van der Waals surface area contributed by atoms with Crippen LogP contribution < -0.4 is 10.6 Å². The number of hydrogen-bond donors (Lipinski definition) is 2. The van der Waals surface area contributed by atoms with Crippen LogP contribution in [0.5, 0.6) is 0 Å². The molecule has 4 rings (SSSR count). The molecule has 1 unspecified atom stereocenters. The van der Waals surface area contributed by atoms with Crippen molar-refractivity contribution in [3.8, 4) is 11.8 Å². The fraction of sp³-hybridized carbons (Fsp3) is 0.280. The molecule has 0 spiro atoms. The molecule has 1 aromatic carbocycles. The maximum atomic E-state index is 11.9. The molecule has 3 aromatic rings. The van der Waals surface area contributed by atoms with Gasteiger partial charge in [-0.3, -0.25) is 9.78 Å². The van der Waals surface area contributed by atoms with Gasteiger partial charge in [-0.2, -0.15) is 0 Å². The number of carbonyl (C=O) groups excluding carboxylic acids is 1. The van der Waals surface area contributed by atoms with Crippen molar-refractivity contribution >= 4 is 11.9 Å². The van der Waals surface area contributed by atoms with Gasteiger partial charge in [-0.1, -0.05) is 24.0 Å². The predicted molar refractivity (Wildman–Crippen MR) is 120 cm³/mol. The Balaban J connectivity index is 1.28. The Bertz CT molecular complexity index is 1060. The van der Waals surface area contributed by atoms with E-state index in [1.165, 1.54) is 5.56 Å². The van der Waals surface area contributed by atoms with E-state index in [0.29, 0.717) is 12.5 Å². The summed E-state index contributed by atoms with van der Waals surface area (Å²) in [6.45, 7) is 2.69. The van der Waals surface area contributed by atoms with Gasteiger partial charge in [0.2, 0.25) is 11.9 Å². The lowest BCUT2D eigenvalue weighted by molar-refractivity contribution is -0.122.